The van der Waals surface area contributed by atoms with Gasteiger partial charge in [-0.15, -0.1) is 0 Å². The smallest absolute Gasteiger partial charge is 0.0657 e. The molecule has 0 spiro atoms. The van der Waals surface area contributed by atoms with Crippen LogP contribution in [0.3, 0.4) is 0 Å². The highest BCUT2D eigenvalue weighted by Crippen LogP contribution is 2.14. The van der Waals surface area contributed by atoms with Crippen LogP contribution in [0.2, 0.25) is 0 Å². The molecule has 1 atom stereocenters. The first-order valence-corrected chi connectivity index (χ1v) is 5.56. The third-order valence-corrected chi connectivity index (χ3v) is 2.45. The van der Waals surface area contributed by atoms with Crippen molar-refractivity contribution >= 4 is 0 Å². The lowest BCUT2D eigenvalue weighted by atomic mass is 10.1. The zero-order chi connectivity index (χ0) is 11.1. The normalized spacial score (nSPS) is 12.7. The average Bonchev–Trinajstić information content (AvgIpc) is 2.25. The lowest BCUT2D eigenvalue weighted by Gasteiger charge is -2.18. The van der Waals surface area contributed by atoms with Crippen molar-refractivity contribution in [2.45, 2.75) is 26.3 Å². The molecule has 1 N–H and O–H groups in total. The monoisotopic (exact) mass is 207 g/mol. The third-order valence-electron chi connectivity index (χ3n) is 2.45. The summed E-state index contributed by atoms with van der Waals surface area (Å²) in [5.41, 5.74) is 2.60. The molecule has 84 valence electrons. The van der Waals surface area contributed by atoms with Crippen molar-refractivity contribution in [2.24, 2.45) is 0 Å². The third kappa shape index (κ3) is 4.02. The van der Waals surface area contributed by atoms with Gasteiger partial charge in [-0.1, -0.05) is 36.8 Å². The van der Waals surface area contributed by atoms with E-state index in [1.54, 1.807) is 7.11 Å². The zero-order valence-corrected chi connectivity index (χ0v) is 9.92. The van der Waals surface area contributed by atoms with Gasteiger partial charge in [0.2, 0.25) is 0 Å². The van der Waals surface area contributed by atoms with Gasteiger partial charge in [0, 0.05) is 7.11 Å². The Morgan fingerprint density at radius 3 is 2.47 bits per heavy atom. The highest BCUT2D eigenvalue weighted by atomic mass is 16.5. The van der Waals surface area contributed by atoms with Gasteiger partial charge in [-0.2, -0.15) is 0 Å². The minimum Gasteiger partial charge on any atom is -0.383 e. The van der Waals surface area contributed by atoms with E-state index in [2.05, 4.69) is 43.4 Å². The predicted molar refractivity (Wildman–Crippen MR) is 64.1 cm³/mol. The molecule has 0 aromatic heterocycles. The molecule has 2 heteroatoms. The standard InChI is InChI=1S/C13H21NO/c1-4-9-14-13(10-15-3)12-7-5-11(2)6-8-12/h5-8,13-14H,4,9-10H2,1-3H3. The molecule has 0 saturated carbocycles. The van der Waals surface area contributed by atoms with Crippen LogP contribution in [0.25, 0.3) is 0 Å². The van der Waals surface area contributed by atoms with Crippen molar-refractivity contribution in [2.75, 3.05) is 20.3 Å². The molecule has 1 rings (SSSR count). The molecule has 0 aliphatic carbocycles. The Hall–Kier alpha value is -0.860. The largest absolute Gasteiger partial charge is 0.383 e. The van der Waals surface area contributed by atoms with Crippen LogP contribution in [-0.2, 0) is 4.74 Å². The van der Waals surface area contributed by atoms with Crippen molar-refractivity contribution < 1.29 is 4.74 Å². The minimum atomic E-state index is 0.315. The van der Waals surface area contributed by atoms with Crippen molar-refractivity contribution in [3.05, 3.63) is 35.4 Å². The number of hydrogen-bond donors (Lipinski definition) is 1. The molecule has 1 unspecified atom stereocenters. The Kier molecular flexibility index (Phi) is 5.37. The van der Waals surface area contributed by atoms with Crippen LogP contribution in [0.4, 0.5) is 0 Å². The first kappa shape index (κ1) is 12.2. The summed E-state index contributed by atoms with van der Waals surface area (Å²) in [5.74, 6) is 0. The number of rotatable bonds is 6. The molecule has 0 amide bonds. The maximum absolute atomic E-state index is 5.22. The molecule has 15 heavy (non-hydrogen) atoms. The number of nitrogens with one attached hydrogen (secondary N) is 1. The molecule has 0 aliphatic heterocycles. The van der Waals surface area contributed by atoms with Crippen LogP contribution in [-0.4, -0.2) is 20.3 Å². The second-order valence-corrected chi connectivity index (χ2v) is 3.87. The SMILES string of the molecule is CCCNC(COC)c1ccc(C)cc1. The molecule has 0 saturated heterocycles. The molecule has 2 nitrogen and oxygen atoms in total. The topological polar surface area (TPSA) is 21.3 Å². The van der Waals surface area contributed by atoms with Crippen molar-refractivity contribution in [3.63, 3.8) is 0 Å². The molecule has 0 aliphatic rings. The number of hydrogen-bond acceptors (Lipinski definition) is 2. The van der Waals surface area contributed by atoms with Gasteiger partial charge in [0.1, 0.15) is 0 Å². The summed E-state index contributed by atoms with van der Waals surface area (Å²) in [6, 6.07) is 8.94. The number of ether oxygens (including phenoxy) is 1. The molecule has 0 bridgehead atoms. The summed E-state index contributed by atoms with van der Waals surface area (Å²) >= 11 is 0. The van der Waals surface area contributed by atoms with E-state index in [9.17, 15) is 0 Å². The van der Waals surface area contributed by atoms with Crippen LogP contribution in [0.15, 0.2) is 24.3 Å². The van der Waals surface area contributed by atoms with Crippen molar-refractivity contribution in [3.8, 4) is 0 Å². The lowest BCUT2D eigenvalue weighted by Crippen LogP contribution is -2.25. The van der Waals surface area contributed by atoms with Crippen LogP contribution >= 0.6 is 0 Å². The van der Waals surface area contributed by atoms with Gasteiger partial charge < -0.3 is 10.1 Å². The maximum Gasteiger partial charge on any atom is 0.0657 e. The van der Waals surface area contributed by atoms with Gasteiger partial charge in [0.15, 0.2) is 0 Å². The number of aryl methyl sites for hydroxylation is 1. The van der Waals surface area contributed by atoms with E-state index in [1.165, 1.54) is 11.1 Å². The summed E-state index contributed by atoms with van der Waals surface area (Å²) < 4.78 is 5.22. The van der Waals surface area contributed by atoms with E-state index in [0.29, 0.717) is 6.04 Å². The van der Waals surface area contributed by atoms with E-state index in [-0.39, 0.29) is 0 Å². The molecule has 0 heterocycles. The van der Waals surface area contributed by atoms with Gasteiger partial charge in [-0.25, -0.2) is 0 Å². The lowest BCUT2D eigenvalue weighted by molar-refractivity contribution is 0.167. The average molecular weight is 207 g/mol. The summed E-state index contributed by atoms with van der Waals surface area (Å²) in [4.78, 5) is 0. The number of methoxy groups -OCH3 is 1. The quantitative estimate of drug-likeness (QED) is 0.774. The summed E-state index contributed by atoms with van der Waals surface area (Å²) in [5, 5.41) is 3.48. The van der Waals surface area contributed by atoms with Crippen LogP contribution in [0.1, 0.15) is 30.5 Å². The molecule has 0 radical (unpaired) electrons. The van der Waals surface area contributed by atoms with E-state index in [0.717, 1.165) is 19.6 Å². The van der Waals surface area contributed by atoms with E-state index >= 15 is 0 Å². The van der Waals surface area contributed by atoms with Crippen LogP contribution < -0.4 is 5.32 Å². The fourth-order valence-corrected chi connectivity index (χ4v) is 1.56. The Morgan fingerprint density at radius 2 is 1.93 bits per heavy atom. The fourth-order valence-electron chi connectivity index (χ4n) is 1.56. The van der Waals surface area contributed by atoms with Crippen LogP contribution in [0.5, 0.6) is 0 Å². The van der Waals surface area contributed by atoms with Crippen molar-refractivity contribution in [1.82, 2.24) is 5.32 Å². The number of benzene rings is 1. The predicted octanol–water partition coefficient (Wildman–Crippen LogP) is 2.68. The maximum atomic E-state index is 5.22. The zero-order valence-electron chi connectivity index (χ0n) is 9.92. The summed E-state index contributed by atoms with van der Waals surface area (Å²) in [6.07, 6.45) is 1.14. The fraction of sp³-hybridized carbons (Fsp3) is 0.538. The van der Waals surface area contributed by atoms with Gasteiger partial charge in [-0.05, 0) is 25.5 Å². The highest BCUT2D eigenvalue weighted by molar-refractivity contribution is 5.24. The molecule has 1 aromatic carbocycles. The summed E-state index contributed by atoms with van der Waals surface area (Å²) in [7, 11) is 1.74. The second kappa shape index (κ2) is 6.59. The molecule has 1 aromatic rings. The van der Waals surface area contributed by atoms with Crippen molar-refractivity contribution in [1.29, 1.82) is 0 Å². The Morgan fingerprint density at radius 1 is 1.27 bits per heavy atom. The first-order valence-electron chi connectivity index (χ1n) is 5.56. The Balaban J connectivity index is 2.65. The minimum absolute atomic E-state index is 0.315. The van der Waals surface area contributed by atoms with E-state index in [4.69, 9.17) is 4.74 Å². The Labute approximate surface area is 92.6 Å². The first-order chi connectivity index (χ1) is 7.27. The van der Waals surface area contributed by atoms with E-state index in [1.807, 2.05) is 0 Å². The van der Waals surface area contributed by atoms with Crippen LogP contribution in [0, 0.1) is 6.92 Å². The van der Waals surface area contributed by atoms with Gasteiger partial charge >= 0.3 is 0 Å². The molecular weight excluding hydrogens is 186 g/mol. The van der Waals surface area contributed by atoms with Gasteiger partial charge in [0.25, 0.3) is 0 Å². The molecule has 0 fully saturated rings. The van der Waals surface area contributed by atoms with Gasteiger partial charge in [0.05, 0.1) is 12.6 Å². The second-order valence-electron chi connectivity index (χ2n) is 3.87. The Bertz CT molecular complexity index is 268. The highest BCUT2D eigenvalue weighted by Gasteiger charge is 2.09. The summed E-state index contributed by atoms with van der Waals surface area (Å²) in [6.45, 7) is 6.03. The molecular formula is C13H21NO. The van der Waals surface area contributed by atoms with E-state index < -0.39 is 0 Å². The van der Waals surface area contributed by atoms with Gasteiger partial charge in [-0.3, -0.25) is 0 Å².